The highest BCUT2D eigenvalue weighted by Gasteiger charge is 1.79. The predicted molar refractivity (Wildman–Crippen MR) is 81.1 cm³/mol. The number of hydrogen-bond acceptors (Lipinski definition) is 5. The van der Waals surface area contributed by atoms with E-state index in [1.54, 1.807) is 12.5 Å². The fourth-order valence-corrected chi connectivity index (χ4v) is 0. The van der Waals surface area contributed by atoms with Crippen molar-refractivity contribution in [2.75, 3.05) is 25.0 Å². The predicted octanol–water partition coefficient (Wildman–Crippen LogP) is 1.65. The third kappa shape index (κ3) is 155000. The molecule has 4 nitrogen and oxygen atoms in total. The molecule has 0 aromatic rings. The maximum Gasteiger partial charge on any atom is 0.144 e. The molecule has 0 aliphatic carbocycles. The average Bonchev–Trinajstić information content (AvgIpc) is 1.73. The van der Waals surface area contributed by atoms with Crippen LogP contribution in [0.15, 0.2) is 0 Å². The van der Waals surface area contributed by atoms with Crippen molar-refractivity contribution in [3.8, 4) is 0 Å². The lowest BCUT2D eigenvalue weighted by Crippen LogP contribution is -1.86. The van der Waals surface area contributed by atoms with E-state index in [2.05, 4.69) is 12.2 Å². The Kier molecular flexibility index (Phi) is 23.9. The molecule has 0 aliphatic heterocycles. The molecule has 0 amide bonds. The molecule has 0 N–H and O–H groups in total. The van der Waals surface area contributed by atoms with Gasteiger partial charge in [-0.05, 0) is 32.6 Å². The third-order valence-corrected chi connectivity index (χ3v) is 0. The Balaban J connectivity index is -0.0000000667. The minimum Gasteiger partial charge on any atom is -0.300 e. The van der Waals surface area contributed by atoms with Gasteiger partial charge < -0.3 is 4.79 Å². The van der Waals surface area contributed by atoms with E-state index in [0.717, 1.165) is 17.4 Å². The van der Waals surface area contributed by atoms with Crippen molar-refractivity contribution in [2.45, 2.75) is 27.7 Å². The SMILES string of the molecule is CC(C)=O.CC(C)=S.CS(C)(=O)=O.CS(C)=O. The number of carbonyl (C=O) groups is 1. The Hall–Kier alpha value is -0.140. The molecular weight excluding hydrogens is 280 g/mol. The number of Topliss-reactive ketones (excluding diaryl/α,β-unsaturated/α-hetero) is 1. The molecule has 0 aliphatic rings. The lowest BCUT2D eigenvalue weighted by molar-refractivity contribution is -0.114. The van der Waals surface area contributed by atoms with Crippen LogP contribution in [0.3, 0.4) is 0 Å². The minimum absolute atomic E-state index is 0.167. The summed E-state index contributed by atoms with van der Waals surface area (Å²) in [6.07, 6.45) is 5.60. The Bertz CT molecular complexity index is 270. The van der Waals surface area contributed by atoms with E-state index < -0.39 is 20.6 Å². The van der Waals surface area contributed by atoms with Crippen LogP contribution in [0.2, 0.25) is 0 Å². The van der Waals surface area contributed by atoms with E-state index in [-0.39, 0.29) is 5.78 Å². The molecule has 0 atom stereocenters. The number of carbonyl (C=O) groups excluding carboxylic acids is 1. The standard InChI is InChI=1S/C3H6O.C3H6S.C2H6O2S.C2H6OS/c2*1-3(2)4;1-5(2,3)4;1-4(2)3/h2*1-2H3;1-2H3;1-2H3. The average molecular weight is 304 g/mol. The van der Waals surface area contributed by atoms with Gasteiger partial charge in [0.1, 0.15) is 15.6 Å². The summed E-state index contributed by atoms with van der Waals surface area (Å²) in [6, 6.07) is 0. The van der Waals surface area contributed by atoms with Gasteiger partial charge in [0.05, 0.1) is 0 Å². The van der Waals surface area contributed by atoms with Crippen LogP contribution in [-0.2, 0) is 25.4 Å². The molecular formula is C10H24O4S3. The fraction of sp³-hybridized carbons (Fsp3) is 0.800. The highest BCUT2D eigenvalue weighted by molar-refractivity contribution is 7.89. The number of sulfone groups is 1. The lowest BCUT2D eigenvalue weighted by Gasteiger charge is -1.69. The van der Waals surface area contributed by atoms with E-state index in [4.69, 9.17) is 0 Å². The summed E-state index contributed by atoms with van der Waals surface area (Å²) >= 11 is 4.54. The number of hydrogen-bond donors (Lipinski definition) is 0. The second-order valence-electron chi connectivity index (χ2n) is 3.70. The first kappa shape index (κ1) is 25.6. The van der Waals surface area contributed by atoms with Crippen LogP contribution in [0.1, 0.15) is 27.7 Å². The van der Waals surface area contributed by atoms with E-state index in [9.17, 15) is 17.4 Å². The maximum atomic E-state index is 9.63. The first-order valence-electron chi connectivity index (χ1n) is 4.54. The molecule has 0 unspecified atom stereocenters. The molecule has 0 fully saturated rings. The highest BCUT2D eigenvalue weighted by atomic mass is 32.2. The van der Waals surface area contributed by atoms with Gasteiger partial charge in [-0.2, -0.15) is 0 Å². The summed E-state index contributed by atoms with van der Waals surface area (Å²) < 4.78 is 28.8. The van der Waals surface area contributed by atoms with Crippen LogP contribution in [0.5, 0.6) is 0 Å². The Morgan fingerprint density at radius 2 is 1.00 bits per heavy atom. The number of rotatable bonds is 0. The molecule has 0 bridgehead atoms. The summed E-state index contributed by atoms with van der Waals surface area (Å²) in [5.41, 5.74) is 0. The topological polar surface area (TPSA) is 68.3 Å². The van der Waals surface area contributed by atoms with E-state index in [1.165, 1.54) is 13.8 Å². The molecule has 0 radical (unpaired) electrons. The van der Waals surface area contributed by atoms with Crippen molar-refractivity contribution >= 4 is 43.5 Å². The smallest absolute Gasteiger partial charge is 0.144 e. The summed E-state index contributed by atoms with van der Waals surface area (Å²) in [7, 11) is -3.28. The number of thiocarbonyl (C=S) groups is 1. The quantitative estimate of drug-likeness (QED) is 0.637. The van der Waals surface area contributed by atoms with Crippen LogP contribution in [0, 0.1) is 0 Å². The summed E-state index contributed by atoms with van der Waals surface area (Å²) in [4.78, 5) is 10.4. The van der Waals surface area contributed by atoms with Crippen molar-refractivity contribution in [2.24, 2.45) is 0 Å². The monoisotopic (exact) mass is 304 g/mol. The Morgan fingerprint density at radius 3 is 1.00 bits per heavy atom. The molecule has 0 aromatic carbocycles. The number of ketones is 1. The van der Waals surface area contributed by atoms with Gasteiger partial charge in [-0.15, -0.1) is 0 Å². The summed E-state index contributed by atoms with van der Waals surface area (Å²) in [5.74, 6) is 0.167. The first-order chi connectivity index (χ1) is 7.20. The Morgan fingerprint density at radius 1 is 1.00 bits per heavy atom. The maximum absolute atomic E-state index is 9.63. The summed E-state index contributed by atoms with van der Waals surface area (Å²) in [6.45, 7) is 6.85. The molecule has 0 saturated heterocycles. The van der Waals surface area contributed by atoms with Gasteiger partial charge in [0, 0.05) is 35.8 Å². The van der Waals surface area contributed by atoms with Crippen LogP contribution in [0.4, 0.5) is 0 Å². The van der Waals surface area contributed by atoms with Crippen molar-refractivity contribution < 1.29 is 17.4 Å². The fourth-order valence-electron chi connectivity index (χ4n) is 0. The molecule has 106 valence electrons. The van der Waals surface area contributed by atoms with Gasteiger partial charge in [0.2, 0.25) is 0 Å². The van der Waals surface area contributed by atoms with Gasteiger partial charge in [0.15, 0.2) is 0 Å². The molecule has 0 saturated carbocycles. The lowest BCUT2D eigenvalue weighted by atomic mass is 10.6. The van der Waals surface area contributed by atoms with Crippen LogP contribution in [0.25, 0.3) is 0 Å². The molecule has 0 rings (SSSR count). The molecule has 17 heavy (non-hydrogen) atoms. The Labute approximate surface area is 114 Å². The molecule has 0 aromatic heterocycles. The van der Waals surface area contributed by atoms with Gasteiger partial charge in [0.25, 0.3) is 0 Å². The van der Waals surface area contributed by atoms with Crippen LogP contribution >= 0.6 is 12.2 Å². The van der Waals surface area contributed by atoms with Crippen molar-refractivity contribution in [1.29, 1.82) is 0 Å². The summed E-state index contributed by atoms with van der Waals surface area (Å²) in [5, 5.41) is 0. The minimum atomic E-state index is -2.67. The van der Waals surface area contributed by atoms with E-state index in [1.807, 2.05) is 13.8 Å². The van der Waals surface area contributed by atoms with E-state index >= 15 is 0 Å². The van der Waals surface area contributed by atoms with Crippen LogP contribution < -0.4 is 0 Å². The second kappa shape index (κ2) is 15.9. The molecule has 0 heterocycles. The van der Waals surface area contributed by atoms with Gasteiger partial charge in [-0.3, -0.25) is 4.21 Å². The normalized spacial score (nSPS) is 8.53. The largest absolute Gasteiger partial charge is 0.300 e. The first-order valence-corrected chi connectivity index (χ1v) is 9.22. The van der Waals surface area contributed by atoms with Gasteiger partial charge >= 0.3 is 0 Å². The highest BCUT2D eigenvalue weighted by Crippen LogP contribution is 1.62. The van der Waals surface area contributed by atoms with Gasteiger partial charge in [-0.25, -0.2) is 8.42 Å². The molecule has 0 spiro atoms. The zero-order valence-electron chi connectivity index (χ0n) is 11.9. The zero-order valence-corrected chi connectivity index (χ0v) is 14.3. The van der Waals surface area contributed by atoms with Crippen molar-refractivity contribution in [1.82, 2.24) is 0 Å². The van der Waals surface area contributed by atoms with Crippen molar-refractivity contribution in [3.63, 3.8) is 0 Å². The van der Waals surface area contributed by atoms with Crippen LogP contribution in [-0.4, -0.2) is 48.3 Å². The second-order valence-corrected chi connectivity index (χ2v) is 8.29. The molecule has 7 heteroatoms. The zero-order chi connectivity index (χ0) is 15.2. The van der Waals surface area contributed by atoms with E-state index in [0.29, 0.717) is 0 Å². The van der Waals surface area contributed by atoms with Gasteiger partial charge in [-0.1, -0.05) is 12.2 Å². The third-order valence-electron chi connectivity index (χ3n) is 0. The van der Waals surface area contributed by atoms with Crippen molar-refractivity contribution in [3.05, 3.63) is 0 Å².